The lowest BCUT2D eigenvalue weighted by Gasteiger charge is -2.10. The number of benzene rings is 1. The summed E-state index contributed by atoms with van der Waals surface area (Å²) in [5, 5.41) is 2.36. The minimum absolute atomic E-state index is 0.00767. The summed E-state index contributed by atoms with van der Waals surface area (Å²) >= 11 is 0. The number of esters is 2. The van der Waals surface area contributed by atoms with Crippen LogP contribution in [0.2, 0.25) is 0 Å². The van der Waals surface area contributed by atoms with Crippen LogP contribution < -0.4 is 5.32 Å². The van der Waals surface area contributed by atoms with E-state index in [2.05, 4.69) is 14.8 Å². The molecule has 0 radical (unpaired) electrons. The van der Waals surface area contributed by atoms with Crippen molar-refractivity contribution < 1.29 is 28.2 Å². The van der Waals surface area contributed by atoms with Gasteiger partial charge in [0.05, 0.1) is 26.3 Å². The van der Waals surface area contributed by atoms with Crippen LogP contribution in [0.25, 0.3) is 0 Å². The Morgan fingerprint density at radius 3 is 2.45 bits per heavy atom. The summed E-state index contributed by atoms with van der Waals surface area (Å²) < 4.78 is 22.4. The lowest BCUT2D eigenvalue weighted by atomic mass is 10.1. The van der Waals surface area contributed by atoms with E-state index in [1.165, 1.54) is 19.2 Å². The van der Waals surface area contributed by atoms with Crippen molar-refractivity contribution in [1.82, 2.24) is 0 Å². The fourth-order valence-electron chi connectivity index (χ4n) is 1.47. The van der Waals surface area contributed by atoms with Crippen molar-refractivity contribution in [2.45, 2.75) is 12.8 Å². The maximum atomic E-state index is 13.6. The molecule has 20 heavy (non-hydrogen) atoms. The Labute approximate surface area is 114 Å². The smallest absolute Gasteiger partial charge is 0.342 e. The van der Waals surface area contributed by atoms with E-state index in [0.29, 0.717) is 0 Å². The topological polar surface area (TPSA) is 81.7 Å². The van der Waals surface area contributed by atoms with Crippen LogP contribution in [0.5, 0.6) is 0 Å². The minimum atomic E-state index is -0.897. The number of rotatable bonds is 5. The summed E-state index contributed by atoms with van der Waals surface area (Å²) in [4.78, 5) is 34.0. The molecule has 0 saturated carbocycles. The first-order valence-corrected chi connectivity index (χ1v) is 5.73. The molecule has 6 nitrogen and oxygen atoms in total. The fourth-order valence-corrected chi connectivity index (χ4v) is 1.47. The molecule has 0 saturated heterocycles. The van der Waals surface area contributed by atoms with Crippen LogP contribution in [0.3, 0.4) is 0 Å². The van der Waals surface area contributed by atoms with Crippen LogP contribution in [0, 0.1) is 5.82 Å². The van der Waals surface area contributed by atoms with Crippen LogP contribution in [-0.2, 0) is 19.1 Å². The first-order valence-electron chi connectivity index (χ1n) is 5.73. The molecule has 0 unspecified atom stereocenters. The monoisotopic (exact) mass is 283 g/mol. The van der Waals surface area contributed by atoms with Crippen LogP contribution in [-0.4, -0.2) is 32.1 Å². The number of nitrogens with one attached hydrogen (secondary N) is 1. The molecular weight excluding hydrogens is 269 g/mol. The van der Waals surface area contributed by atoms with Crippen molar-refractivity contribution in [3.63, 3.8) is 0 Å². The predicted octanol–water partition coefficient (Wildman–Crippen LogP) is 1.50. The van der Waals surface area contributed by atoms with Crippen LogP contribution in [0.15, 0.2) is 18.2 Å². The molecule has 0 heterocycles. The molecule has 0 fully saturated rings. The van der Waals surface area contributed by atoms with Crippen molar-refractivity contribution in [2.24, 2.45) is 0 Å². The van der Waals surface area contributed by atoms with Gasteiger partial charge in [0.15, 0.2) is 0 Å². The zero-order chi connectivity index (χ0) is 15.1. The predicted molar refractivity (Wildman–Crippen MR) is 67.6 cm³/mol. The molecule has 1 N–H and O–H groups in total. The maximum Gasteiger partial charge on any atom is 0.342 e. The van der Waals surface area contributed by atoms with E-state index in [9.17, 15) is 18.8 Å². The van der Waals surface area contributed by atoms with Gasteiger partial charge in [-0.2, -0.15) is 0 Å². The van der Waals surface area contributed by atoms with Gasteiger partial charge in [-0.25, -0.2) is 9.18 Å². The standard InChI is InChI=1S/C13H14FNO5/c1-19-11(17)7-6-10(16)15-9-5-3-4-8(14)12(9)13(18)20-2/h3-5H,6-7H2,1-2H3,(H,15,16). The van der Waals surface area contributed by atoms with Crippen molar-refractivity contribution in [1.29, 1.82) is 0 Å². The highest BCUT2D eigenvalue weighted by Gasteiger charge is 2.19. The molecule has 1 amide bonds. The highest BCUT2D eigenvalue weighted by molar-refractivity contribution is 6.01. The Morgan fingerprint density at radius 1 is 1.15 bits per heavy atom. The Balaban J connectivity index is 2.82. The van der Waals surface area contributed by atoms with E-state index < -0.39 is 23.7 Å². The van der Waals surface area contributed by atoms with Crippen LogP contribution >= 0.6 is 0 Å². The van der Waals surface area contributed by atoms with Crippen LogP contribution in [0.4, 0.5) is 10.1 Å². The fraction of sp³-hybridized carbons (Fsp3) is 0.308. The molecule has 0 aromatic heterocycles. The minimum Gasteiger partial charge on any atom is -0.469 e. The van der Waals surface area contributed by atoms with Crippen molar-refractivity contribution in [3.8, 4) is 0 Å². The van der Waals surface area contributed by atoms with E-state index >= 15 is 0 Å². The van der Waals surface area contributed by atoms with E-state index in [0.717, 1.165) is 13.2 Å². The third kappa shape index (κ3) is 4.04. The molecule has 0 atom stereocenters. The number of carbonyl (C=O) groups excluding carboxylic acids is 3. The van der Waals surface area contributed by atoms with Gasteiger partial charge in [0.2, 0.25) is 5.91 Å². The second kappa shape index (κ2) is 7.22. The molecule has 0 bridgehead atoms. The van der Waals surface area contributed by atoms with Gasteiger partial charge in [-0.1, -0.05) is 6.07 Å². The third-order valence-corrected chi connectivity index (χ3v) is 2.46. The Bertz CT molecular complexity index is 529. The Hall–Kier alpha value is -2.44. The Morgan fingerprint density at radius 2 is 1.85 bits per heavy atom. The number of hydrogen-bond donors (Lipinski definition) is 1. The zero-order valence-corrected chi connectivity index (χ0v) is 11.1. The van der Waals surface area contributed by atoms with Crippen molar-refractivity contribution in [3.05, 3.63) is 29.6 Å². The number of methoxy groups -OCH3 is 2. The number of hydrogen-bond acceptors (Lipinski definition) is 5. The summed E-state index contributed by atoms with van der Waals surface area (Å²) in [6.45, 7) is 0. The van der Waals surface area contributed by atoms with E-state index in [1.807, 2.05) is 0 Å². The van der Waals surface area contributed by atoms with Crippen molar-refractivity contribution in [2.75, 3.05) is 19.5 Å². The summed E-state index contributed by atoms with van der Waals surface area (Å²) in [6, 6.07) is 3.79. The summed E-state index contributed by atoms with van der Waals surface area (Å²) in [7, 11) is 2.32. The molecule has 1 aromatic carbocycles. The summed E-state index contributed by atoms with van der Waals surface area (Å²) in [5.74, 6) is -2.77. The molecule has 0 aliphatic heterocycles. The number of amides is 1. The number of carbonyl (C=O) groups is 3. The Kier molecular flexibility index (Phi) is 5.64. The molecule has 7 heteroatoms. The SMILES string of the molecule is COC(=O)CCC(=O)Nc1cccc(F)c1C(=O)OC. The molecule has 0 aliphatic carbocycles. The molecule has 1 aromatic rings. The average molecular weight is 283 g/mol. The lowest BCUT2D eigenvalue weighted by Crippen LogP contribution is -2.17. The van der Waals surface area contributed by atoms with Crippen LogP contribution in [0.1, 0.15) is 23.2 Å². The maximum absolute atomic E-state index is 13.6. The quantitative estimate of drug-likeness (QED) is 0.828. The van der Waals surface area contributed by atoms with Gasteiger partial charge in [-0.3, -0.25) is 9.59 Å². The first kappa shape index (κ1) is 15.6. The van der Waals surface area contributed by atoms with Gasteiger partial charge >= 0.3 is 11.9 Å². The normalized spacial score (nSPS) is 9.75. The molecule has 1 rings (SSSR count). The molecule has 0 spiro atoms. The molecular formula is C13H14FNO5. The number of halogens is 1. The zero-order valence-electron chi connectivity index (χ0n) is 11.1. The highest BCUT2D eigenvalue weighted by atomic mass is 19.1. The number of anilines is 1. The molecule has 108 valence electrons. The van der Waals surface area contributed by atoms with Crippen molar-refractivity contribution >= 4 is 23.5 Å². The van der Waals surface area contributed by atoms with Gasteiger partial charge in [-0.15, -0.1) is 0 Å². The second-order valence-corrected chi connectivity index (χ2v) is 3.78. The van der Waals surface area contributed by atoms with Gasteiger partial charge in [0, 0.05) is 6.42 Å². The largest absolute Gasteiger partial charge is 0.469 e. The van der Waals surface area contributed by atoms with E-state index in [1.54, 1.807) is 0 Å². The summed E-state index contributed by atoms with van der Waals surface area (Å²) in [6.07, 6.45) is -0.241. The van der Waals surface area contributed by atoms with Gasteiger partial charge in [0.25, 0.3) is 0 Å². The molecule has 0 aliphatic rings. The van der Waals surface area contributed by atoms with E-state index in [4.69, 9.17) is 0 Å². The third-order valence-electron chi connectivity index (χ3n) is 2.46. The van der Waals surface area contributed by atoms with Gasteiger partial charge in [0.1, 0.15) is 11.4 Å². The second-order valence-electron chi connectivity index (χ2n) is 3.78. The first-order chi connectivity index (χ1) is 9.49. The van der Waals surface area contributed by atoms with E-state index in [-0.39, 0.29) is 24.1 Å². The van der Waals surface area contributed by atoms with Gasteiger partial charge < -0.3 is 14.8 Å². The summed E-state index contributed by atoms with van der Waals surface area (Å²) in [5.41, 5.74) is -0.367. The van der Waals surface area contributed by atoms with Gasteiger partial charge in [-0.05, 0) is 12.1 Å². The lowest BCUT2D eigenvalue weighted by molar-refractivity contribution is -0.141. The highest BCUT2D eigenvalue weighted by Crippen LogP contribution is 2.20. The number of ether oxygens (including phenoxy) is 2. The average Bonchev–Trinajstić information content (AvgIpc) is 2.44.